The third kappa shape index (κ3) is 3.03. The number of hydrogen-bond acceptors (Lipinski definition) is 4. The Morgan fingerprint density at radius 1 is 1.15 bits per heavy atom. The number of esters is 1. The first-order valence-electron chi connectivity index (χ1n) is 5.93. The molecule has 0 fully saturated rings. The van der Waals surface area contributed by atoms with Gasteiger partial charge >= 0.3 is 5.97 Å². The third-order valence-corrected chi connectivity index (χ3v) is 3.04. The lowest BCUT2D eigenvalue weighted by Gasteiger charge is -2.12. The molecule has 2 aromatic carbocycles. The van der Waals surface area contributed by atoms with Crippen molar-refractivity contribution in [2.75, 3.05) is 12.8 Å². The molecule has 0 aliphatic carbocycles. The summed E-state index contributed by atoms with van der Waals surface area (Å²) in [7, 11) is 1.32. The van der Waals surface area contributed by atoms with Crippen LogP contribution in [-0.2, 0) is 4.74 Å². The number of anilines is 1. The maximum absolute atomic E-state index is 11.5. The van der Waals surface area contributed by atoms with E-state index in [2.05, 4.69) is 4.74 Å². The summed E-state index contributed by atoms with van der Waals surface area (Å²) in [6.45, 7) is 1.89. The first-order chi connectivity index (χ1) is 9.51. The van der Waals surface area contributed by atoms with Gasteiger partial charge in [-0.2, -0.15) is 0 Å². The van der Waals surface area contributed by atoms with E-state index in [4.69, 9.17) is 22.1 Å². The summed E-state index contributed by atoms with van der Waals surface area (Å²) < 4.78 is 10.4. The molecule has 0 radical (unpaired) electrons. The van der Waals surface area contributed by atoms with Crippen LogP contribution >= 0.6 is 11.6 Å². The fraction of sp³-hybridized carbons (Fsp3) is 0.133. The fourth-order valence-electron chi connectivity index (χ4n) is 1.67. The molecule has 2 rings (SSSR count). The normalized spacial score (nSPS) is 10.2. The quantitative estimate of drug-likeness (QED) is 0.690. The molecule has 0 aliphatic rings. The van der Waals surface area contributed by atoms with E-state index in [-0.39, 0.29) is 0 Å². The molecule has 2 aromatic rings. The predicted octanol–water partition coefficient (Wildman–Crippen LogP) is 3.81. The number of carbonyl (C=O) groups excluding carboxylic acids is 1. The Balaban J connectivity index is 2.37. The number of hydrogen-bond donors (Lipinski definition) is 1. The van der Waals surface area contributed by atoms with Crippen molar-refractivity contribution in [1.82, 2.24) is 0 Å². The molecule has 0 spiro atoms. The molecule has 0 heterocycles. The molecule has 5 heteroatoms. The van der Waals surface area contributed by atoms with Crippen LogP contribution in [-0.4, -0.2) is 13.1 Å². The minimum absolute atomic E-state index is 0.372. The average molecular weight is 292 g/mol. The number of methoxy groups -OCH3 is 1. The number of halogens is 1. The van der Waals surface area contributed by atoms with Crippen molar-refractivity contribution in [1.29, 1.82) is 0 Å². The summed E-state index contributed by atoms with van der Waals surface area (Å²) >= 11 is 5.94. The number of aryl methyl sites for hydroxylation is 1. The summed E-state index contributed by atoms with van der Waals surface area (Å²) in [5, 5.41) is 0.563. The highest BCUT2D eigenvalue weighted by molar-refractivity contribution is 6.30. The summed E-state index contributed by atoms with van der Waals surface area (Å²) in [5.41, 5.74) is 7.57. The van der Waals surface area contributed by atoms with Gasteiger partial charge in [-0.15, -0.1) is 0 Å². The molecule has 0 atom stereocenters. The molecule has 0 aliphatic heterocycles. The average Bonchev–Trinajstić information content (AvgIpc) is 2.44. The lowest BCUT2D eigenvalue weighted by atomic mass is 10.2. The Bertz CT molecular complexity index is 656. The Kier molecular flexibility index (Phi) is 4.15. The molecule has 0 unspecified atom stereocenters. The number of carbonyl (C=O) groups is 1. The van der Waals surface area contributed by atoms with E-state index in [1.165, 1.54) is 7.11 Å². The molecule has 2 N–H and O–H groups in total. The fourth-order valence-corrected chi connectivity index (χ4v) is 1.83. The van der Waals surface area contributed by atoms with E-state index in [1.54, 1.807) is 30.3 Å². The van der Waals surface area contributed by atoms with Gasteiger partial charge in [0, 0.05) is 5.02 Å². The van der Waals surface area contributed by atoms with Crippen molar-refractivity contribution in [3.63, 3.8) is 0 Å². The van der Waals surface area contributed by atoms with Crippen LogP contribution in [0.4, 0.5) is 5.69 Å². The molecule has 0 aromatic heterocycles. The highest BCUT2D eigenvalue weighted by atomic mass is 35.5. The standard InChI is InChI=1S/C15H14ClNO3/c1-9-3-5-11(16)8-13(9)20-14-7-10(15(18)19-2)4-6-12(14)17/h3-8H,17H2,1-2H3. The lowest BCUT2D eigenvalue weighted by Crippen LogP contribution is -2.02. The van der Waals surface area contributed by atoms with Gasteiger partial charge in [-0.05, 0) is 42.8 Å². The summed E-state index contributed by atoms with van der Waals surface area (Å²) in [5.74, 6) is 0.530. The van der Waals surface area contributed by atoms with E-state index < -0.39 is 5.97 Å². The van der Waals surface area contributed by atoms with Crippen LogP contribution in [0.3, 0.4) is 0 Å². The molecule has 0 amide bonds. The molecule has 104 valence electrons. The molecule has 0 bridgehead atoms. The number of nitrogens with two attached hydrogens (primary N) is 1. The van der Waals surface area contributed by atoms with Crippen LogP contribution in [0.15, 0.2) is 36.4 Å². The van der Waals surface area contributed by atoms with Crippen molar-refractivity contribution in [2.45, 2.75) is 6.92 Å². The summed E-state index contributed by atoms with van der Waals surface area (Å²) in [4.78, 5) is 11.5. The molecular weight excluding hydrogens is 278 g/mol. The lowest BCUT2D eigenvalue weighted by molar-refractivity contribution is 0.0600. The Labute approximate surface area is 122 Å². The van der Waals surface area contributed by atoms with Gasteiger partial charge in [0.15, 0.2) is 5.75 Å². The monoisotopic (exact) mass is 291 g/mol. The molecule has 0 saturated carbocycles. The number of benzene rings is 2. The van der Waals surface area contributed by atoms with E-state index in [0.717, 1.165) is 5.56 Å². The largest absolute Gasteiger partial charge is 0.465 e. The molecule has 4 nitrogen and oxygen atoms in total. The zero-order valence-corrected chi connectivity index (χ0v) is 11.9. The van der Waals surface area contributed by atoms with Crippen LogP contribution in [0.25, 0.3) is 0 Å². The number of rotatable bonds is 3. The van der Waals surface area contributed by atoms with Crippen LogP contribution < -0.4 is 10.5 Å². The second kappa shape index (κ2) is 5.84. The van der Waals surface area contributed by atoms with Gasteiger partial charge in [-0.1, -0.05) is 17.7 Å². The first kappa shape index (κ1) is 14.2. The van der Waals surface area contributed by atoms with Crippen molar-refractivity contribution in [2.24, 2.45) is 0 Å². The maximum atomic E-state index is 11.5. The van der Waals surface area contributed by atoms with Gasteiger partial charge in [0.05, 0.1) is 18.4 Å². The first-order valence-corrected chi connectivity index (χ1v) is 6.31. The summed E-state index contributed by atoms with van der Waals surface area (Å²) in [6, 6.07) is 10.0. The zero-order chi connectivity index (χ0) is 14.7. The second-order valence-electron chi connectivity index (χ2n) is 4.26. The Hall–Kier alpha value is -2.20. The third-order valence-electron chi connectivity index (χ3n) is 2.80. The maximum Gasteiger partial charge on any atom is 0.337 e. The van der Waals surface area contributed by atoms with E-state index in [9.17, 15) is 4.79 Å². The highest BCUT2D eigenvalue weighted by Crippen LogP contribution is 2.32. The van der Waals surface area contributed by atoms with Crippen molar-refractivity contribution in [3.05, 3.63) is 52.5 Å². The minimum atomic E-state index is -0.447. The SMILES string of the molecule is COC(=O)c1ccc(N)c(Oc2cc(Cl)ccc2C)c1. The van der Waals surface area contributed by atoms with Gasteiger partial charge < -0.3 is 15.2 Å². The Morgan fingerprint density at radius 3 is 2.60 bits per heavy atom. The number of nitrogen functional groups attached to an aromatic ring is 1. The highest BCUT2D eigenvalue weighted by Gasteiger charge is 2.11. The smallest absolute Gasteiger partial charge is 0.337 e. The van der Waals surface area contributed by atoms with Gasteiger partial charge in [-0.3, -0.25) is 0 Å². The van der Waals surface area contributed by atoms with Crippen LogP contribution in [0.1, 0.15) is 15.9 Å². The Morgan fingerprint density at radius 2 is 1.90 bits per heavy atom. The topological polar surface area (TPSA) is 61.5 Å². The van der Waals surface area contributed by atoms with Crippen LogP contribution in [0.2, 0.25) is 5.02 Å². The van der Waals surface area contributed by atoms with Gasteiger partial charge in [0.1, 0.15) is 5.75 Å². The van der Waals surface area contributed by atoms with Gasteiger partial charge in [-0.25, -0.2) is 4.79 Å². The summed E-state index contributed by atoms with van der Waals surface area (Å²) in [6.07, 6.45) is 0. The zero-order valence-electron chi connectivity index (χ0n) is 11.1. The minimum Gasteiger partial charge on any atom is -0.465 e. The van der Waals surface area contributed by atoms with Crippen LogP contribution in [0, 0.1) is 6.92 Å². The van der Waals surface area contributed by atoms with Crippen molar-refractivity contribution in [3.8, 4) is 11.5 Å². The van der Waals surface area contributed by atoms with E-state index in [1.807, 2.05) is 13.0 Å². The predicted molar refractivity (Wildman–Crippen MR) is 78.5 cm³/mol. The van der Waals surface area contributed by atoms with Gasteiger partial charge in [0.2, 0.25) is 0 Å². The van der Waals surface area contributed by atoms with Crippen LogP contribution in [0.5, 0.6) is 11.5 Å². The molecule has 0 saturated heterocycles. The van der Waals surface area contributed by atoms with E-state index >= 15 is 0 Å². The molecular formula is C15H14ClNO3. The second-order valence-corrected chi connectivity index (χ2v) is 4.69. The number of ether oxygens (including phenoxy) is 2. The molecule has 20 heavy (non-hydrogen) atoms. The van der Waals surface area contributed by atoms with Crippen molar-refractivity contribution < 1.29 is 14.3 Å². The van der Waals surface area contributed by atoms with Crippen molar-refractivity contribution >= 4 is 23.3 Å². The van der Waals surface area contributed by atoms with Gasteiger partial charge in [0.25, 0.3) is 0 Å². The van der Waals surface area contributed by atoms with E-state index in [0.29, 0.717) is 27.8 Å².